The number of sulfonamides is 1. The van der Waals surface area contributed by atoms with Crippen LogP contribution in [0.1, 0.15) is 23.2 Å². The molecule has 172 valence electrons. The van der Waals surface area contributed by atoms with Crippen LogP contribution in [0.2, 0.25) is 0 Å². The molecular weight excluding hydrogens is 435 g/mol. The Labute approximate surface area is 187 Å². The van der Waals surface area contributed by atoms with E-state index in [0.717, 1.165) is 22.1 Å². The van der Waals surface area contributed by atoms with Crippen molar-refractivity contribution in [2.75, 3.05) is 39.0 Å². The van der Waals surface area contributed by atoms with Gasteiger partial charge in [-0.05, 0) is 43.2 Å². The minimum atomic E-state index is -4.00. The summed E-state index contributed by atoms with van der Waals surface area (Å²) in [5.41, 5.74) is 0.825. The fourth-order valence-electron chi connectivity index (χ4n) is 3.47. The summed E-state index contributed by atoms with van der Waals surface area (Å²) in [4.78, 5) is 26.3. The SMILES string of the molecule is CN(C)S(=O)(=O)c1cc(C(=O)NC2CCN(CC(=O)Nc3ccccc3)CC2)ccc1F. The van der Waals surface area contributed by atoms with Gasteiger partial charge in [0.25, 0.3) is 5.91 Å². The van der Waals surface area contributed by atoms with Crippen LogP contribution in [0.25, 0.3) is 0 Å². The number of halogens is 1. The molecule has 1 saturated heterocycles. The number of anilines is 1. The van der Waals surface area contributed by atoms with Crippen molar-refractivity contribution in [2.45, 2.75) is 23.8 Å². The molecule has 2 aromatic rings. The number of rotatable bonds is 7. The Kier molecular flexibility index (Phi) is 7.60. The second-order valence-corrected chi connectivity index (χ2v) is 9.99. The summed E-state index contributed by atoms with van der Waals surface area (Å²) in [6.45, 7) is 1.53. The van der Waals surface area contributed by atoms with Crippen LogP contribution in [0.3, 0.4) is 0 Å². The highest BCUT2D eigenvalue weighted by Gasteiger charge is 2.26. The molecule has 8 nitrogen and oxygen atoms in total. The Hall–Kier alpha value is -2.82. The van der Waals surface area contributed by atoms with Crippen LogP contribution in [0.4, 0.5) is 10.1 Å². The second kappa shape index (κ2) is 10.2. The number of hydrogen-bond donors (Lipinski definition) is 2. The molecule has 0 bridgehead atoms. The van der Waals surface area contributed by atoms with Gasteiger partial charge in [-0.15, -0.1) is 0 Å². The fraction of sp³-hybridized carbons (Fsp3) is 0.364. The second-order valence-electron chi connectivity index (χ2n) is 7.87. The van der Waals surface area contributed by atoms with Crippen molar-refractivity contribution in [1.29, 1.82) is 0 Å². The molecule has 0 saturated carbocycles. The van der Waals surface area contributed by atoms with Crippen LogP contribution >= 0.6 is 0 Å². The van der Waals surface area contributed by atoms with Crippen LogP contribution in [-0.2, 0) is 14.8 Å². The largest absolute Gasteiger partial charge is 0.349 e. The number of carbonyl (C=O) groups is 2. The zero-order valence-electron chi connectivity index (χ0n) is 18.0. The number of carbonyl (C=O) groups excluding carboxylic acids is 2. The van der Waals surface area contributed by atoms with Crippen molar-refractivity contribution in [2.24, 2.45) is 0 Å². The van der Waals surface area contributed by atoms with Gasteiger partial charge in [-0.25, -0.2) is 17.1 Å². The van der Waals surface area contributed by atoms with E-state index in [1.54, 1.807) is 0 Å². The number of hydrogen-bond acceptors (Lipinski definition) is 5. The van der Waals surface area contributed by atoms with Gasteiger partial charge in [0.15, 0.2) is 0 Å². The maximum Gasteiger partial charge on any atom is 0.251 e. The lowest BCUT2D eigenvalue weighted by molar-refractivity contribution is -0.117. The van der Waals surface area contributed by atoms with Crippen molar-refractivity contribution >= 4 is 27.5 Å². The molecule has 2 amide bonds. The molecule has 1 aliphatic heterocycles. The quantitative estimate of drug-likeness (QED) is 0.655. The number of amides is 2. The monoisotopic (exact) mass is 462 g/mol. The predicted molar refractivity (Wildman–Crippen MR) is 119 cm³/mol. The van der Waals surface area contributed by atoms with Crippen LogP contribution in [0.15, 0.2) is 53.4 Å². The summed E-state index contributed by atoms with van der Waals surface area (Å²) >= 11 is 0. The molecule has 0 unspecified atom stereocenters. The van der Waals surface area contributed by atoms with Gasteiger partial charge < -0.3 is 10.6 Å². The number of nitrogens with one attached hydrogen (secondary N) is 2. The third-order valence-electron chi connectivity index (χ3n) is 5.30. The Morgan fingerprint density at radius 2 is 1.75 bits per heavy atom. The number of nitrogens with zero attached hydrogens (tertiary/aromatic N) is 2. The highest BCUT2D eigenvalue weighted by molar-refractivity contribution is 7.89. The van der Waals surface area contributed by atoms with E-state index >= 15 is 0 Å². The Bertz CT molecular complexity index is 1070. The number of benzene rings is 2. The topological polar surface area (TPSA) is 98.8 Å². The van der Waals surface area contributed by atoms with Crippen LogP contribution in [0.5, 0.6) is 0 Å². The summed E-state index contributed by atoms with van der Waals surface area (Å²) in [5.74, 6) is -1.46. The van der Waals surface area contributed by atoms with E-state index in [9.17, 15) is 22.4 Å². The van der Waals surface area contributed by atoms with Crippen LogP contribution < -0.4 is 10.6 Å². The third kappa shape index (κ3) is 5.90. The van der Waals surface area contributed by atoms with Gasteiger partial charge >= 0.3 is 0 Å². The van der Waals surface area contributed by atoms with Crippen molar-refractivity contribution in [3.63, 3.8) is 0 Å². The van der Waals surface area contributed by atoms with E-state index in [1.807, 2.05) is 35.2 Å². The highest BCUT2D eigenvalue weighted by atomic mass is 32.2. The van der Waals surface area contributed by atoms with Crippen molar-refractivity contribution in [3.05, 3.63) is 59.9 Å². The van der Waals surface area contributed by atoms with Crippen molar-refractivity contribution in [3.8, 4) is 0 Å². The van der Waals surface area contributed by atoms with Gasteiger partial charge in [0.2, 0.25) is 15.9 Å². The zero-order chi connectivity index (χ0) is 23.3. The van der Waals surface area contributed by atoms with E-state index in [-0.39, 0.29) is 24.1 Å². The summed E-state index contributed by atoms with van der Waals surface area (Å²) in [6.07, 6.45) is 1.29. The molecule has 32 heavy (non-hydrogen) atoms. The maximum atomic E-state index is 14.1. The smallest absolute Gasteiger partial charge is 0.251 e. The van der Waals surface area contributed by atoms with Gasteiger partial charge in [0.1, 0.15) is 10.7 Å². The molecule has 0 spiro atoms. The summed E-state index contributed by atoms with van der Waals surface area (Å²) in [5, 5.41) is 5.73. The van der Waals surface area contributed by atoms with E-state index < -0.39 is 26.6 Å². The van der Waals surface area contributed by atoms with Crippen LogP contribution in [0, 0.1) is 5.82 Å². The molecule has 10 heteroatoms. The van der Waals surface area contributed by atoms with Crippen molar-refractivity contribution < 1.29 is 22.4 Å². The van der Waals surface area contributed by atoms with Crippen LogP contribution in [-0.4, -0.2) is 69.2 Å². The average Bonchev–Trinajstić information content (AvgIpc) is 2.75. The standard InChI is InChI=1S/C22H27FN4O4S/c1-26(2)32(30,31)20-14-16(8-9-19(20)23)22(29)25-18-10-12-27(13-11-18)15-21(28)24-17-6-4-3-5-7-17/h3-9,14,18H,10-13,15H2,1-2H3,(H,24,28)(H,25,29). The lowest BCUT2D eigenvalue weighted by atomic mass is 10.0. The number of likely N-dealkylation sites (tertiary alicyclic amines) is 1. The number of piperidine rings is 1. The molecule has 2 aromatic carbocycles. The minimum absolute atomic E-state index is 0.0801. The van der Waals surface area contributed by atoms with Gasteiger partial charge in [-0.3, -0.25) is 14.5 Å². The molecule has 1 aliphatic rings. The lowest BCUT2D eigenvalue weighted by Gasteiger charge is -2.31. The van der Waals surface area contributed by atoms with Crippen molar-refractivity contribution in [1.82, 2.24) is 14.5 Å². The molecule has 0 aliphatic carbocycles. The molecule has 2 N–H and O–H groups in total. The Morgan fingerprint density at radius 1 is 1.09 bits per heavy atom. The molecule has 0 aromatic heterocycles. The van der Waals surface area contributed by atoms with E-state index in [2.05, 4.69) is 10.6 Å². The summed E-state index contributed by atoms with van der Waals surface area (Å²) in [6, 6.07) is 12.4. The Balaban J connectivity index is 1.53. The highest BCUT2D eigenvalue weighted by Crippen LogP contribution is 2.20. The third-order valence-corrected chi connectivity index (χ3v) is 7.13. The predicted octanol–water partition coefficient (Wildman–Crippen LogP) is 1.91. The zero-order valence-corrected chi connectivity index (χ0v) is 18.9. The molecule has 0 radical (unpaired) electrons. The first-order chi connectivity index (χ1) is 15.2. The van der Waals surface area contributed by atoms with Gasteiger partial charge in [0.05, 0.1) is 6.54 Å². The maximum absolute atomic E-state index is 14.1. The normalized spacial score (nSPS) is 15.5. The fourth-order valence-corrected chi connectivity index (χ4v) is 4.45. The van der Waals surface area contributed by atoms with E-state index in [0.29, 0.717) is 25.9 Å². The minimum Gasteiger partial charge on any atom is -0.349 e. The van der Waals surface area contributed by atoms with Gasteiger partial charge in [-0.2, -0.15) is 0 Å². The first kappa shape index (κ1) is 23.8. The lowest BCUT2D eigenvalue weighted by Crippen LogP contribution is -2.46. The summed E-state index contributed by atoms with van der Waals surface area (Å²) < 4.78 is 39.5. The first-order valence-electron chi connectivity index (χ1n) is 10.3. The molecular formula is C22H27FN4O4S. The van der Waals surface area contributed by atoms with E-state index in [1.165, 1.54) is 20.2 Å². The van der Waals surface area contributed by atoms with E-state index in [4.69, 9.17) is 0 Å². The Morgan fingerprint density at radius 3 is 2.38 bits per heavy atom. The number of para-hydroxylation sites is 1. The average molecular weight is 463 g/mol. The summed E-state index contributed by atoms with van der Waals surface area (Å²) in [7, 11) is -1.40. The molecule has 1 heterocycles. The molecule has 0 atom stereocenters. The van der Waals surface area contributed by atoms with Gasteiger partial charge in [0, 0.05) is 44.5 Å². The van der Waals surface area contributed by atoms with Gasteiger partial charge in [-0.1, -0.05) is 18.2 Å². The first-order valence-corrected chi connectivity index (χ1v) is 11.7. The molecule has 1 fully saturated rings. The molecule has 3 rings (SSSR count).